The van der Waals surface area contributed by atoms with E-state index in [2.05, 4.69) is 20.8 Å². The van der Waals surface area contributed by atoms with Crippen LogP contribution in [0.25, 0.3) is 0 Å². The molecule has 1 aliphatic rings. The van der Waals surface area contributed by atoms with Crippen LogP contribution in [0.3, 0.4) is 0 Å². The first-order chi connectivity index (χ1) is 12.6. The van der Waals surface area contributed by atoms with Crippen molar-refractivity contribution in [3.05, 3.63) is 40.7 Å². The molecule has 1 aromatic carbocycles. The van der Waals surface area contributed by atoms with E-state index in [0.717, 1.165) is 6.42 Å². The molecule has 1 unspecified atom stereocenters. The van der Waals surface area contributed by atoms with Gasteiger partial charge in [0.1, 0.15) is 29.8 Å². The Morgan fingerprint density at radius 3 is 3.00 bits per heavy atom. The van der Waals surface area contributed by atoms with Crippen LogP contribution in [0.1, 0.15) is 29.0 Å². The summed E-state index contributed by atoms with van der Waals surface area (Å²) in [6, 6.07) is 6.14. The first-order valence-electron chi connectivity index (χ1n) is 8.16. The molecule has 0 spiro atoms. The predicted octanol–water partition coefficient (Wildman–Crippen LogP) is 1.66. The number of halogens is 1. The summed E-state index contributed by atoms with van der Waals surface area (Å²) in [6.07, 6.45) is 1.45. The standard InChI is InChI=1S/C17H19ClN4O4/c1-25-11-4-5-15(12(18)8-11)26-9-10-7-14(22-21-10)17(24)20-13-3-2-6-19-16(13)23/h4-5,7-8,13H,2-3,6,9H2,1H3,(H,19,23)(H,20,24)(H,21,22). The molecule has 3 N–H and O–H groups in total. The molecule has 1 atom stereocenters. The zero-order valence-electron chi connectivity index (χ0n) is 14.2. The van der Waals surface area contributed by atoms with E-state index < -0.39 is 11.9 Å². The highest BCUT2D eigenvalue weighted by Crippen LogP contribution is 2.29. The second kappa shape index (κ2) is 8.09. The van der Waals surface area contributed by atoms with Crippen LogP contribution in [0.4, 0.5) is 0 Å². The number of benzene rings is 1. The minimum Gasteiger partial charge on any atom is -0.497 e. The molecule has 2 amide bonds. The Balaban J connectivity index is 1.57. The fraction of sp³-hybridized carbons (Fsp3) is 0.353. The number of ether oxygens (including phenoxy) is 2. The Morgan fingerprint density at radius 1 is 1.42 bits per heavy atom. The number of methoxy groups -OCH3 is 1. The van der Waals surface area contributed by atoms with Crippen molar-refractivity contribution in [1.82, 2.24) is 20.8 Å². The molecule has 8 nitrogen and oxygen atoms in total. The molecular formula is C17H19ClN4O4. The number of aromatic amines is 1. The van der Waals surface area contributed by atoms with Crippen molar-refractivity contribution in [3.63, 3.8) is 0 Å². The molecule has 0 radical (unpaired) electrons. The summed E-state index contributed by atoms with van der Waals surface area (Å²) in [5.74, 6) is 0.552. The zero-order valence-corrected chi connectivity index (χ0v) is 14.9. The number of rotatable bonds is 6. The van der Waals surface area contributed by atoms with Gasteiger partial charge in [0, 0.05) is 12.6 Å². The SMILES string of the molecule is COc1ccc(OCc2cc(C(=O)NC3CCCNC3=O)n[nH]2)c(Cl)c1. The summed E-state index contributed by atoms with van der Waals surface area (Å²) in [5.41, 5.74) is 0.804. The number of hydrogen-bond acceptors (Lipinski definition) is 5. The highest BCUT2D eigenvalue weighted by atomic mass is 35.5. The second-order valence-electron chi connectivity index (χ2n) is 5.82. The number of aromatic nitrogens is 2. The minimum absolute atomic E-state index is 0.163. The Labute approximate surface area is 155 Å². The van der Waals surface area contributed by atoms with Gasteiger partial charge >= 0.3 is 0 Å². The smallest absolute Gasteiger partial charge is 0.272 e. The van der Waals surface area contributed by atoms with E-state index in [-0.39, 0.29) is 18.2 Å². The number of amides is 2. The second-order valence-corrected chi connectivity index (χ2v) is 6.23. The van der Waals surface area contributed by atoms with E-state index in [1.807, 2.05) is 0 Å². The quantitative estimate of drug-likeness (QED) is 0.709. The molecule has 1 aliphatic heterocycles. The Kier molecular flexibility index (Phi) is 5.62. The molecule has 0 aliphatic carbocycles. The normalized spacial score (nSPS) is 16.7. The molecule has 0 bridgehead atoms. The van der Waals surface area contributed by atoms with Gasteiger partial charge in [-0.05, 0) is 31.0 Å². The van der Waals surface area contributed by atoms with Gasteiger partial charge in [-0.3, -0.25) is 14.7 Å². The average molecular weight is 379 g/mol. The van der Waals surface area contributed by atoms with Crippen molar-refractivity contribution in [2.75, 3.05) is 13.7 Å². The molecule has 2 heterocycles. The van der Waals surface area contributed by atoms with E-state index in [1.165, 1.54) is 0 Å². The van der Waals surface area contributed by atoms with Gasteiger partial charge in [0.15, 0.2) is 0 Å². The minimum atomic E-state index is -0.522. The highest BCUT2D eigenvalue weighted by Gasteiger charge is 2.24. The number of nitrogens with zero attached hydrogens (tertiary/aromatic N) is 1. The third-order valence-electron chi connectivity index (χ3n) is 3.98. The van der Waals surface area contributed by atoms with Crippen LogP contribution in [0.15, 0.2) is 24.3 Å². The molecular weight excluding hydrogens is 360 g/mol. The summed E-state index contributed by atoms with van der Waals surface area (Å²) in [4.78, 5) is 23.9. The Hall–Kier alpha value is -2.74. The zero-order chi connectivity index (χ0) is 18.5. The largest absolute Gasteiger partial charge is 0.497 e. The van der Waals surface area contributed by atoms with E-state index >= 15 is 0 Å². The number of carbonyl (C=O) groups is 2. The lowest BCUT2D eigenvalue weighted by Crippen LogP contribution is -2.50. The van der Waals surface area contributed by atoms with Crippen molar-refractivity contribution in [2.45, 2.75) is 25.5 Å². The van der Waals surface area contributed by atoms with Crippen molar-refractivity contribution in [1.29, 1.82) is 0 Å². The Bertz CT molecular complexity index is 808. The van der Waals surface area contributed by atoms with E-state index in [4.69, 9.17) is 21.1 Å². The fourth-order valence-corrected chi connectivity index (χ4v) is 2.80. The first kappa shape index (κ1) is 18.1. The van der Waals surface area contributed by atoms with Gasteiger partial charge in [-0.1, -0.05) is 11.6 Å². The lowest BCUT2D eigenvalue weighted by molar-refractivity contribution is -0.124. The van der Waals surface area contributed by atoms with Gasteiger partial charge in [-0.15, -0.1) is 0 Å². The van der Waals surface area contributed by atoms with Crippen LogP contribution in [0.5, 0.6) is 11.5 Å². The van der Waals surface area contributed by atoms with E-state index in [1.54, 1.807) is 31.4 Å². The molecule has 3 rings (SSSR count). The summed E-state index contributed by atoms with van der Waals surface area (Å²) in [7, 11) is 1.56. The van der Waals surface area contributed by atoms with Crippen LogP contribution in [-0.2, 0) is 11.4 Å². The molecule has 1 saturated heterocycles. The van der Waals surface area contributed by atoms with Crippen molar-refractivity contribution >= 4 is 23.4 Å². The lowest BCUT2D eigenvalue weighted by Gasteiger charge is -2.22. The maximum Gasteiger partial charge on any atom is 0.272 e. The first-order valence-corrected chi connectivity index (χ1v) is 8.54. The van der Waals surface area contributed by atoms with Gasteiger partial charge in [-0.25, -0.2) is 0 Å². The molecule has 9 heteroatoms. The van der Waals surface area contributed by atoms with Crippen molar-refractivity contribution in [3.8, 4) is 11.5 Å². The fourth-order valence-electron chi connectivity index (χ4n) is 2.57. The molecule has 1 aromatic heterocycles. The van der Waals surface area contributed by atoms with Crippen molar-refractivity contribution in [2.24, 2.45) is 0 Å². The summed E-state index contributed by atoms with van der Waals surface area (Å²) < 4.78 is 10.7. The van der Waals surface area contributed by atoms with Gasteiger partial charge in [-0.2, -0.15) is 5.10 Å². The maximum atomic E-state index is 12.2. The molecule has 26 heavy (non-hydrogen) atoms. The monoisotopic (exact) mass is 378 g/mol. The topological polar surface area (TPSA) is 105 Å². The number of nitrogens with one attached hydrogen (secondary N) is 3. The Morgan fingerprint density at radius 2 is 2.27 bits per heavy atom. The molecule has 2 aromatic rings. The van der Waals surface area contributed by atoms with Crippen LogP contribution < -0.4 is 20.1 Å². The van der Waals surface area contributed by atoms with Crippen LogP contribution in [-0.4, -0.2) is 41.7 Å². The molecule has 1 fully saturated rings. The van der Waals surface area contributed by atoms with Crippen LogP contribution >= 0.6 is 11.6 Å². The summed E-state index contributed by atoms with van der Waals surface area (Å²) >= 11 is 6.12. The summed E-state index contributed by atoms with van der Waals surface area (Å²) in [6.45, 7) is 0.805. The van der Waals surface area contributed by atoms with E-state index in [0.29, 0.717) is 35.2 Å². The van der Waals surface area contributed by atoms with Gasteiger partial charge in [0.05, 0.1) is 17.8 Å². The summed E-state index contributed by atoms with van der Waals surface area (Å²) in [5, 5.41) is 12.5. The molecule has 138 valence electrons. The van der Waals surface area contributed by atoms with Gasteiger partial charge in [0.25, 0.3) is 5.91 Å². The number of carbonyl (C=O) groups excluding carboxylic acids is 2. The van der Waals surface area contributed by atoms with Gasteiger partial charge < -0.3 is 20.1 Å². The third kappa shape index (κ3) is 4.26. The van der Waals surface area contributed by atoms with E-state index in [9.17, 15) is 9.59 Å². The number of piperidine rings is 1. The van der Waals surface area contributed by atoms with Crippen LogP contribution in [0.2, 0.25) is 5.02 Å². The molecule has 0 saturated carbocycles. The lowest BCUT2D eigenvalue weighted by atomic mass is 10.1. The maximum absolute atomic E-state index is 12.2. The highest BCUT2D eigenvalue weighted by molar-refractivity contribution is 6.32. The average Bonchev–Trinajstić information content (AvgIpc) is 3.11. The predicted molar refractivity (Wildman–Crippen MR) is 94.4 cm³/mol. The van der Waals surface area contributed by atoms with Gasteiger partial charge in [0.2, 0.25) is 5.91 Å². The number of hydrogen-bond donors (Lipinski definition) is 3. The third-order valence-corrected chi connectivity index (χ3v) is 4.27. The number of H-pyrrole nitrogens is 1. The van der Waals surface area contributed by atoms with Crippen molar-refractivity contribution < 1.29 is 19.1 Å². The van der Waals surface area contributed by atoms with Crippen LogP contribution in [0, 0.1) is 0 Å².